The topological polar surface area (TPSA) is 64.4 Å². The van der Waals surface area contributed by atoms with E-state index in [0.717, 1.165) is 38.7 Å². The third-order valence-corrected chi connectivity index (χ3v) is 2.28. The monoisotopic (exact) mass is 216 g/mol. The fraction of sp³-hybridized carbons (Fsp3) is 0.909. The van der Waals surface area contributed by atoms with Gasteiger partial charge in [0.2, 0.25) is 5.91 Å². The molecule has 0 bridgehead atoms. The molecule has 0 aromatic rings. The minimum atomic E-state index is -0.340. The van der Waals surface area contributed by atoms with E-state index in [1.165, 1.54) is 0 Å². The van der Waals surface area contributed by atoms with Crippen molar-refractivity contribution in [1.82, 2.24) is 5.32 Å². The first-order valence-electron chi connectivity index (χ1n) is 5.74. The maximum absolute atomic E-state index is 11.4. The molecule has 4 nitrogen and oxygen atoms in total. The highest BCUT2D eigenvalue weighted by Gasteiger charge is 2.11. The van der Waals surface area contributed by atoms with Crippen molar-refractivity contribution in [1.29, 1.82) is 0 Å². The molecule has 0 aliphatic rings. The minimum Gasteiger partial charge on any atom is -0.385 e. The first-order valence-corrected chi connectivity index (χ1v) is 5.74. The maximum atomic E-state index is 11.4. The van der Waals surface area contributed by atoms with Gasteiger partial charge in [0.25, 0.3) is 0 Å². The highest BCUT2D eigenvalue weighted by Crippen LogP contribution is 1.98. The molecule has 0 unspecified atom stereocenters. The number of unbranched alkanes of at least 4 members (excludes halogenated alkanes) is 2. The lowest BCUT2D eigenvalue weighted by molar-refractivity contribution is -0.122. The molecule has 1 amide bonds. The molecule has 0 saturated heterocycles. The predicted octanol–water partition coefficient (Wildman–Crippen LogP) is 1.05. The van der Waals surface area contributed by atoms with E-state index in [0.29, 0.717) is 6.54 Å². The summed E-state index contributed by atoms with van der Waals surface area (Å²) in [7, 11) is 1.68. The van der Waals surface area contributed by atoms with Crippen LogP contribution in [0.5, 0.6) is 0 Å². The Morgan fingerprint density at radius 2 is 2.13 bits per heavy atom. The Morgan fingerprint density at radius 3 is 2.73 bits per heavy atom. The van der Waals surface area contributed by atoms with Gasteiger partial charge >= 0.3 is 0 Å². The number of methoxy groups -OCH3 is 1. The Bertz CT molecular complexity index is 163. The predicted molar refractivity (Wildman–Crippen MR) is 61.6 cm³/mol. The Labute approximate surface area is 92.6 Å². The molecule has 15 heavy (non-hydrogen) atoms. The summed E-state index contributed by atoms with van der Waals surface area (Å²) >= 11 is 0. The van der Waals surface area contributed by atoms with Gasteiger partial charge in [0.05, 0.1) is 6.04 Å². The van der Waals surface area contributed by atoms with E-state index in [-0.39, 0.29) is 11.9 Å². The first-order chi connectivity index (χ1) is 7.22. The Morgan fingerprint density at radius 1 is 1.40 bits per heavy atom. The van der Waals surface area contributed by atoms with Crippen molar-refractivity contribution in [3.05, 3.63) is 0 Å². The van der Waals surface area contributed by atoms with Crippen molar-refractivity contribution in [2.75, 3.05) is 20.3 Å². The van der Waals surface area contributed by atoms with Crippen molar-refractivity contribution in [3.63, 3.8) is 0 Å². The standard InChI is InChI=1S/C11H24N2O2/c1-3-4-7-10(12)11(14)13-8-5-6-9-15-2/h10H,3-9,12H2,1-2H3,(H,13,14)/t10-/m0/s1. The van der Waals surface area contributed by atoms with Gasteiger partial charge in [-0.3, -0.25) is 4.79 Å². The van der Waals surface area contributed by atoms with Crippen LogP contribution in [0.1, 0.15) is 39.0 Å². The van der Waals surface area contributed by atoms with Gasteiger partial charge in [-0.1, -0.05) is 19.8 Å². The fourth-order valence-corrected chi connectivity index (χ4v) is 1.27. The van der Waals surface area contributed by atoms with Crippen LogP contribution in [0.2, 0.25) is 0 Å². The van der Waals surface area contributed by atoms with Crippen molar-refractivity contribution in [3.8, 4) is 0 Å². The lowest BCUT2D eigenvalue weighted by atomic mass is 10.1. The Hall–Kier alpha value is -0.610. The summed E-state index contributed by atoms with van der Waals surface area (Å²) < 4.78 is 4.91. The molecule has 90 valence electrons. The van der Waals surface area contributed by atoms with Gasteiger partial charge in [-0.2, -0.15) is 0 Å². The zero-order chi connectivity index (χ0) is 11.5. The van der Waals surface area contributed by atoms with Crippen LogP contribution in [0.25, 0.3) is 0 Å². The van der Waals surface area contributed by atoms with E-state index < -0.39 is 0 Å². The number of carbonyl (C=O) groups excluding carboxylic acids is 1. The summed E-state index contributed by atoms with van der Waals surface area (Å²) in [6, 6.07) is -0.340. The Balaban J connectivity index is 3.38. The highest BCUT2D eigenvalue weighted by molar-refractivity contribution is 5.81. The molecule has 3 N–H and O–H groups in total. The lowest BCUT2D eigenvalue weighted by Gasteiger charge is -2.11. The second-order valence-electron chi connectivity index (χ2n) is 3.74. The second kappa shape index (κ2) is 9.93. The number of hydrogen-bond acceptors (Lipinski definition) is 3. The molecule has 0 radical (unpaired) electrons. The van der Waals surface area contributed by atoms with Gasteiger partial charge in [-0.05, 0) is 19.3 Å². The minimum absolute atomic E-state index is 0.0270. The molecule has 0 aromatic heterocycles. The first kappa shape index (κ1) is 14.4. The van der Waals surface area contributed by atoms with Gasteiger partial charge in [0, 0.05) is 20.3 Å². The van der Waals surface area contributed by atoms with E-state index in [4.69, 9.17) is 10.5 Å². The number of ether oxygens (including phenoxy) is 1. The number of carbonyl (C=O) groups is 1. The molecule has 0 saturated carbocycles. The van der Waals surface area contributed by atoms with Crippen LogP contribution in [-0.4, -0.2) is 32.2 Å². The summed E-state index contributed by atoms with van der Waals surface area (Å²) in [4.78, 5) is 11.4. The second-order valence-corrected chi connectivity index (χ2v) is 3.74. The van der Waals surface area contributed by atoms with Crippen molar-refractivity contribution >= 4 is 5.91 Å². The SMILES string of the molecule is CCCC[C@H](N)C(=O)NCCCCOC. The summed E-state index contributed by atoms with van der Waals surface area (Å²) in [5.41, 5.74) is 5.71. The molecule has 0 aromatic carbocycles. The number of nitrogens with two attached hydrogens (primary N) is 1. The van der Waals surface area contributed by atoms with Crippen LogP contribution in [0, 0.1) is 0 Å². The van der Waals surface area contributed by atoms with Crippen molar-refractivity contribution < 1.29 is 9.53 Å². The van der Waals surface area contributed by atoms with Gasteiger partial charge in [0.1, 0.15) is 0 Å². The smallest absolute Gasteiger partial charge is 0.236 e. The molecule has 4 heteroatoms. The number of nitrogens with one attached hydrogen (secondary N) is 1. The highest BCUT2D eigenvalue weighted by atomic mass is 16.5. The lowest BCUT2D eigenvalue weighted by Crippen LogP contribution is -2.40. The number of amides is 1. The number of hydrogen-bond donors (Lipinski definition) is 2. The van der Waals surface area contributed by atoms with Crippen molar-refractivity contribution in [2.45, 2.75) is 45.1 Å². The van der Waals surface area contributed by atoms with Crippen LogP contribution in [0.4, 0.5) is 0 Å². The van der Waals surface area contributed by atoms with Crippen LogP contribution in [0.3, 0.4) is 0 Å². The molecular weight excluding hydrogens is 192 g/mol. The van der Waals surface area contributed by atoms with Crippen LogP contribution >= 0.6 is 0 Å². The third-order valence-electron chi connectivity index (χ3n) is 2.28. The van der Waals surface area contributed by atoms with Gasteiger partial charge in [-0.25, -0.2) is 0 Å². The molecule has 0 aliphatic carbocycles. The summed E-state index contributed by atoms with van der Waals surface area (Å²) in [6.07, 6.45) is 4.79. The van der Waals surface area contributed by atoms with Crippen LogP contribution < -0.4 is 11.1 Å². The molecule has 0 heterocycles. The van der Waals surface area contributed by atoms with Gasteiger partial charge in [-0.15, -0.1) is 0 Å². The van der Waals surface area contributed by atoms with E-state index in [2.05, 4.69) is 12.2 Å². The summed E-state index contributed by atoms with van der Waals surface area (Å²) in [5.74, 6) is -0.0270. The Kier molecular flexibility index (Phi) is 9.52. The summed E-state index contributed by atoms with van der Waals surface area (Å²) in [6.45, 7) is 3.54. The molecule has 0 aliphatic heterocycles. The molecule has 0 fully saturated rings. The van der Waals surface area contributed by atoms with E-state index in [9.17, 15) is 4.79 Å². The fourth-order valence-electron chi connectivity index (χ4n) is 1.27. The largest absolute Gasteiger partial charge is 0.385 e. The van der Waals surface area contributed by atoms with Crippen molar-refractivity contribution in [2.24, 2.45) is 5.73 Å². The quantitative estimate of drug-likeness (QED) is 0.566. The normalized spacial score (nSPS) is 12.5. The summed E-state index contributed by atoms with van der Waals surface area (Å²) in [5, 5.41) is 2.83. The van der Waals surface area contributed by atoms with E-state index in [1.54, 1.807) is 7.11 Å². The molecule has 0 spiro atoms. The number of rotatable bonds is 9. The third kappa shape index (κ3) is 8.39. The zero-order valence-corrected chi connectivity index (χ0v) is 9.92. The van der Waals surface area contributed by atoms with Crippen LogP contribution in [0.15, 0.2) is 0 Å². The maximum Gasteiger partial charge on any atom is 0.236 e. The van der Waals surface area contributed by atoms with E-state index in [1.807, 2.05) is 0 Å². The molecule has 0 rings (SSSR count). The van der Waals surface area contributed by atoms with Gasteiger partial charge < -0.3 is 15.8 Å². The zero-order valence-electron chi connectivity index (χ0n) is 9.92. The van der Waals surface area contributed by atoms with Crippen LogP contribution in [-0.2, 0) is 9.53 Å². The average molecular weight is 216 g/mol. The van der Waals surface area contributed by atoms with E-state index >= 15 is 0 Å². The molecular formula is C11H24N2O2. The average Bonchev–Trinajstić information content (AvgIpc) is 2.25. The van der Waals surface area contributed by atoms with Gasteiger partial charge in [0.15, 0.2) is 0 Å². The molecule has 1 atom stereocenters.